The molecule has 1 saturated heterocycles. The van der Waals surface area contributed by atoms with Crippen molar-refractivity contribution in [3.63, 3.8) is 0 Å². The first-order chi connectivity index (χ1) is 18.4. The Morgan fingerprint density at radius 1 is 1.05 bits per heavy atom. The summed E-state index contributed by atoms with van der Waals surface area (Å²) in [5.74, 6) is 0.799. The molecule has 2 aromatic carbocycles. The number of nitrogens with zero attached hydrogens (tertiary/aromatic N) is 2. The molecule has 2 aromatic heterocycles. The summed E-state index contributed by atoms with van der Waals surface area (Å²) < 4.78 is 26.2. The first kappa shape index (κ1) is 25.3. The number of pyridine rings is 1. The van der Waals surface area contributed by atoms with Crippen molar-refractivity contribution in [3.8, 4) is 0 Å². The molecule has 0 spiro atoms. The molecule has 2 atom stereocenters. The van der Waals surface area contributed by atoms with Crippen molar-refractivity contribution in [1.29, 1.82) is 0 Å². The molecule has 1 aliphatic carbocycles. The van der Waals surface area contributed by atoms with Crippen LogP contribution in [-0.4, -0.2) is 37.3 Å². The number of Topliss-reactive ketones (excluding diaryl/α,β-unsaturated/α-hetero) is 1. The van der Waals surface area contributed by atoms with E-state index < -0.39 is 9.84 Å². The Morgan fingerprint density at radius 2 is 1.84 bits per heavy atom. The minimum Gasteiger partial charge on any atom is -0.317 e. The van der Waals surface area contributed by atoms with Crippen molar-refractivity contribution in [2.45, 2.75) is 55.1 Å². The number of benzene rings is 2. The van der Waals surface area contributed by atoms with E-state index in [-0.39, 0.29) is 23.4 Å². The van der Waals surface area contributed by atoms with Crippen molar-refractivity contribution >= 4 is 37.7 Å². The zero-order valence-corrected chi connectivity index (χ0v) is 23.0. The topological polar surface area (TPSA) is 89.0 Å². The molecule has 2 fully saturated rings. The number of aromatic nitrogens is 2. The van der Waals surface area contributed by atoms with Gasteiger partial charge in [0.25, 0.3) is 0 Å². The van der Waals surface area contributed by atoms with Crippen LogP contribution in [0.15, 0.2) is 66.0 Å². The van der Waals surface area contributed by atoms with E-state index in [0.29, 0.717) is 22.2 Å². The van der Waals surface area contributed by atoms with Gasteiger partial charge in [-0.25, -0.2) is 13.4 Å². The maximum Gasteiger partial charge on any atom is 0.184 e. The number of aryl methyl sites for hydroxylation is 1. The molecule has 0 unspecified atom stereocenters. The van der Waals surface area contributed by atoms with Gasteiger partial charge in [-0.15, -0.1) is 11.3 Å². The summed E-state index contributed by atoms with van der Waals surface area (Å²) in [6.07, 6.45) is 8.92. The Kier molecular flexibility index (Phi) is 6.88. The minimum absolute atomic E-state index is 0.00424. The molecule has 1 saturated carbocycles. The minimum atomic E-state index is -3.48. The normalized spacial score (nSPS) is 20.0. The molecule has 196 valence electrons. The van der Waals surface area contributed by atoms with Crippen LogP contribution in [0.1, 0.15) is 57.7 Å². The third kappa shape index (κ3) is 5.30. The lowest BCUT2D eigenvalue weighted by Gasteiger charge is -2.20. The second-order valence-electron chi connectivity index (χ2n) is 10.6. The number of thiazole rings is 1. The van der Waals surface area contributed by atoms with Crippen molar-refractivity contribution < 1.29 is 13.2 Å². The lowest BCUT2D eigenvalue weighted by Crippen LogP contribution is -2.26. The maximum atomic E-state index is 13.1. The lowest BCUT2D eigenvalue weighted by atomic mass is 9.97. The molecule has 2 aliphatic rings. The number of fused-ring (bicyclic) bond motifs is 1. The largest absolute Gasteiger partial charge is 0.317 e. The van der Waals surface area contributed by atoms with Gasteiger partial charge in [0.1, 0.15) is 16.5 Å². The Morgan fingerprint density at radius 3 is 2.63 bits per heavy atom. The smallest absolute Gasteiger partial charge is 0.184 e. The van der Waals surface area contributed by atoms with Crippen LogP contribution in [0.3, 0.4) is 0 Å². The second-order valence-corrected chi connectivity index (χ2v) is 13.7. The predicted octanol–water partition coefficient (Wildman–Crippen LogP) is 5.36. The van der Waals surface area contributed by atoms with Gasteiger partial charge in [-0.3, -0.25) is 9.78 Å². The van der Waals surface area contributed by atoms with E-state index in [9.17, 15) is 13.2 Å². The highest BCUT2D eigenvalue weighted by molar-refractivity contribution is 7.90. The van der Waals surface area contributed by atoms with Crippen molar-refractivity contribution in [3.05, 3.63) is 87.6 Å². The first-order valence-corrected chi connectivity index (χ1v) is 15.7. The highest BCUT2D eigenvalue weighted by Crippen LogP contribution is 2.48. The molecule has 6 nitrogen and oxygen atoms in total. The van der Waals surface area contributed by atoms with Crippen LogP contribution in [-0.2, 0) is 26.8 Å². The fourth-order valence-electron chi connectivity index (χ4n) is 5.57. The molecule has 0 amide bonds. The number of sulfone groups is 1. The van der Waals surface area contributed by atoms with Crippen molar-refractivity contribution in [1.82, 2.24) is 15.3 Å². The lowest BCUT2D eigenvalue weighted by molar-refractivity contribution is -0.119. The van der Waals surface area contributed by atoms with E-state index in [0.717, 1.165) is 59.8 Å². The molecule has 38 heavy (non-hydrogen) atoms. The highest BCUT2D eigenvalue weighted by Gasteiger charge is 2.43. The summed E-state index contributed by atoms with van der Waals surface area (Å²) in [4.78, 5) is 23.2. The molecule has 0 bridgehead atoms. The molecule has 1 N–H and O–H groups in total. The van der Waals surface area contributed by atoms with Crippen LogP contribution in [0.2, 0.25) is 0 Å². The number of rotatable bonds is 8. The van der Waals surface area contributed by atoms with Crippen LogP contribution in [0, 0.1) is 12.8 Å². The Balaban J connectivity index is 1.08. The molecule has 3 heterocycles. The zero-order valence-electron chi connectivity index (χ0n) is 21.4. The Labute approximate surface area is 227 Å². The molecule has 1 aliphatic heterocycles. The third-order valence-electron chi connectivity index (χ3n) is 7.90. The molecule has 4 aromatic rings. The van der Waals surface area contributed by atoms with Crippen LogP contribution in [0.25, 0.3) is 10.8 Å². The summed E-state index contributed by atoms with van der Waals surface area (Å²) in [5.41, 5.74) is 3.16. The number of nitrogens with one attached hydrogen (secondary N) is 1. The average molecular weight is 546 g/mol. The van der Waals surface area contributed by atoms with Gasteiger partial charge in [0, 0.05) is 41.2 Å². The Bertz CT molecular complexity index is 1590. The molecule has 6 rings (SSSR count). The van der Waals surface area contributed by atoms with Gasteiger partial charge in [0.15, 0.2) is 9.84 Å². The standard InChI is InChI=1S/C30H31N3O3S2/c1-19-15-32-16-23-3-2-20(12-25(19)23)13-28(34)27-14-26(27)21-4-6-24(7-5-21)38(35,36)18-30-33-17-29(37-30)22-8-10-31-11-9-22/h2-7,12,15-17,22,26-27,31H,8-11,13-14,18H2,1H3/t26-,27+/m0/s1. The number of carbonyl (C=O) groups excluding carboxylic acids is 1. The number of ketones is 1. The van der Waals surface area contributed by atoms with Gasteiger partial charge < -0.3 is 5.32 Å². The monoisotopic (exact) mass is 545 g/mol. The quantitative estimate of drug-likeness (QED) is 0.321. The van der Waals surface area contributed by atoms with Gasteiger partial charge in [-0.1, -0.05) is 30.3 Å². The van der Waals surface area contributed by atoms with E-state index in [2.05, 4.69) is 21.4 Å². The van der Waals surface area contributed by atoms with Gasteiger partial charge in [-0.2, -0.15) is 0 Å². The summed E-state index contributed by atoms with van der Waals surface area (Å²) in [7, 11) is -3.48. The van der Waals surface area contributed by atoms with Crippen molar-refractivity contribution in [2.24, 2.45) is 5.92 Å². The van der Waals surface area contributed by atoms with Gasteiger partial charge in [0.2, 0.25) is 0 Å². The third-order valence-corrected chi connectivity index (χ3v) is 10.9. The number of hydrogen-bond donors (Lipinski definition) is 1. The number of carbonyl (C=O) groups is 1. The molecule has 8 heteroatoms. The molecular formula is C30H31N3O3S2. The first-order valence-electron chi connectivity index (χ1n) is 13.2. The average Bonchev–Trinajstić information content (AvgIpc) is 3.61. The summed E-state index contributed by atoms with van der Waals surface area (Å²) in [5, 5.41) is 6.23. The van der Waals surface area contributed by atoms with E-state index in [1.807, 2.05) is 49.8 Å². The SMILES string of the molecule is Cc1cncc2ccc(CC(=O)[C@@H]3C[C@H]3c3ccc(S(=O)(=O)Cc4ncc(C5CCNCC5)s4)cc3)cc12. The second kappa shape index (κ2) is 10.3. The number of piperidine rings is 1. The van der Waals surface area contributed by atoms with E-state index in [4.69, 9.17) is 0 Å². The summed E-state index contributed by atoms with van der Waals surface area (Å²) >= 11 is 1.53. The summed E-state index contributed by atoms with van der Waals surface area (Å²) in [6, 6.07) is 13.3. The van der Waals surface area contributed by atoms with Gasteiger partial charge >= 0.3 is 0 Å². The van der Waals surface area contributed by atoms with E-state index in [1.54, 1.807) is 12.1 Å². The fourth-order valence-corrected chi connectivity index (χ4v) is 8.28. The predicted molar refractivity (Wildman–Crippen MR) is 150 cm³/mol. The van der Waals surface area contributed by atoms with Crippen LogP contribution in [0.4, 0.5) is 0 Å². The number of hydrogen-bond acceptors (Lipinski definition) is 7. The van der Waals surface area contributed by atoms with Crippen molar-refractivity contribution in [2.75, 3.05) is 13.1 Å². The molecular weight excluding hydrogens is 514 g/mol. The summed E-state index contributed by atoms with van der Waals surface area (Å²) in [6.45, 7) is 4.03. The fraction of sp³-hybridized carbons (Fsp3) is 0.367. The zero-order chi connectivity index (χ0) is 26.3. The van der Waals surface area contributed by atoms with Crippen LogP contribution in [0.5, 0.6) is 0 Å². The van der Waals surface area contributed by atoms with Gasteiger partial charge in [0.05, 0.1) is 4.90 Å². The Hall–Kier alpha value is -2.94. The van der Waals surface area contributed by atoms with Crippen LogP contribution < -0.4 is 5.32 Å². The molecule has 0 radical (unpaired) electrons. The van der Waals surface area contributed by atoms with E-state index >= 15 is 0 Å². The van der Waals surface area contributed by atoms with Gasteiger partial charge in [-0.05, 0) is 85.3 Å². The maximum absolute atomic E-state index is 13.1. The van der Waals surface area contributed by atoms with E-state index in [1.165, 1.54) is 16.2 Å². The van der Waals surface area contributed by atoms with Crippen LogP contribution >= 0.6 is 11.3 Å². The highest BCUT2D eigenvalue weighted by atomic mass is 32.2.